The first-order valence-electron chi connectivity index (χ1n) is 9.39. The minimum atomic E-state index is 0.552. The lowest BCUT2D eigenvalue weighted by atomic mass is 9.90. The molecule has 0 bridgehead atoms. The van der Waals surface area contributed by atoms with Crippen molar-refractivity contribution in [3.8, 4) is 11.9 Å². The van der Waals surface area contributed by atoms with Gasteiger partial charge >= 0.3 is 0 Å². The molecule has 8 heteroatoms. The Balaban J connectivity index is 1.43. The Kier molecular flexibility index (Phi) is 4.29. The Bertz CT molecular complexity index is 967. The second-order valence-electron chi connectivity index (χ2n) is 6.85. The van der Waals surface area contributed by atoms with E-state index in [1.165, 1.54) is 5.56 Å². The zero-order valence-corrected chi connectivity index (χ0v) is 15.3. The molecule has 1 saturated heterocycles. The quantitative estimate of drug-likeness (QED) is 0.548. The van der Waals surface area contributed by atoms with Gasteiger partial charge in [-0.3, -0.25) is 9.13 Å². The fraction of sp³-hybridized carbons (Fsp3) is 0.250. The topological polar surface area (TPSA) is 77.5 Å². The molecule has 1 aliphatic rings. The van der Waals surface area contributed by atoms with E-state index in [0.29, 0.717) is 23.8 Å². The summed E-state index contributed by atoms with van der Waals surface area (Å²) >= 11 is 0. The van der Waals surface area contributed by atoms with Gasteiger partial charge in [0.15, 0.2) is 0 Å². The molecule has 1 aromatic carbocycles. The lowest BCUT2D eigenvalue weighted by Gasteiger charge is -2.32. The summed E-state index contributed by atoms with van der Waals surface area (Å²) < 4.78 is 3.59. The first kappa shape index (κ1) is 16.6. The fourth-order valence-electron chi connectivity index (χ4n) is 3.61. The number of benzene rings is 1. The third-order valence-electron chi connectivity index (χ3n) is 5.12. The molecule has 0 radical (unpaired) electrons. The van der Waals surface area contributed by atoms with Crippen LogP contribution in [0.15, 0.2) is 67.8 Å². The average Bonchev–Trinajstić information content (AvgIpc) is 3.48. The molecule has 0 atom stereocenters. The van der Waals surface area contributed by atoms with Gasteiger partial charge in [-0.05, 0) is 24.3 Å². The molecule has 5 rings (SSSR count). The number of rotatable bonds is 4. The lowest BCUT2D eigenvalue weighted by molar-refractivity contribution is 0.498. The van der Waals surface area contributed by atoms with Gasteiger partial charge in [0.2, 0.25) is 17.8 Å². The largest absolute Gasteiger partial charge is 0.341 e. The molecule has 0 unspecified atom stereocenters. The molecule has 4 heterocycles. The standard InChI is InChI=1S/C20H20N8/c1-2-4-16(5-3-1)17-6-10-26(11-7-17)18-23-19(27-12-8-21-14-27)25-20(24-18)28-13-9-22-15-28/h1-5,8-9,12-15,17H,6-7,10-11H2. The highest BCUT2D eigenvalue weighted by atomic mass is 15.3. The Morgan fingerprint density at radius 2 is 1.29 bits per heavy atom. The summed E-state index contributed by atoms with van der Waals surface area (Å²) in [5.41, 5.74) is 1.41. The highest BCUT2D eigenvalue weighted by Gasteiger charge is 2.23. The van der Waals surface area contributed by atoms with Crippen molar-refractivity contribution >= 4 is 5.95 Å². The van der Waals surface area contributed by atoms with Crippen LogP contribution in [-0.2, 0) is 0 Å². The van der Waals surface area contributed by atoms with E-state index in [2.05, 4.69) is 50.2 Å². The Morgan fingerprint density at radius 1 is 0.714 bits per heavy atom. The molecule has 28 heavy (non-hydrogen) atoms. The number of nitrogens with zero attached hydrogens (tertiary/aromatic N) is 8. The van der Waals surface area contributed by atoms with Gasteiger partial charge in [0, 0.05) is 37.9 Å². The normalized spacial score (nSPS) is 15.1. The van der Waals surface area contributed by atoms with Crippen molar-refractivity contribution in [1.82, 2.24) is 34.1 Å². The number of piperidine rings is 1. The zero-order valence-electron chi connectivity index (χ0n) is 15.3. The Morgan fingerprint density at radius 3 is 1.82 bits per heavy atom. The van der Waals surface area contributed by atoms with Crippen molar-refractivity contribution < 1.29 is 0 Å². The predicted octanol–water partition coefficient (Wildman–Crippen LogP) is 2.63. The van der Waals surface area contributed by atoms with Gasteiger partial charge in [0.1, 0.15) is 12.7 Å². The number of aromatic nitrogens is 7. The minimum absolute atomic E-state index is 0.552. The average molecular weight is 372 g/mol. The van der Waals surface area contributed by atoms with Crippen LogP contribution in [-0.4, -0.2) is 47.1 Å². The minimum Gasteiger partial charge on any atom is -0.341 e. The van der Waals surface area contributed by atoms with E-state index in [9.17, 15) is 0 Å². The number of imidazole rings is 2. The first-order valence-corrected chi connectivity index (χ1v) is 9.39. The van der Waals surface area contributed by atoms with Gasteiger partial charge in [0.05, 0.1) is 0 Å². The van der Waals surface area contributed by atoms with Crippen LogP contribution in [0.4, 0.5) is 5.95 Å². The third-order valence-corrected chi connectivity index (χ3v) is 5.12. The van der Waals surface area contributed by atoms with Crippen LogP contribution in [0, 0.1) is 0 Å². The van der Waals surface area contributed by atoms with Crippen molar-refractivity contribution in [1.29, 1.82) is 0 Å². The van der Waals surface area contributed by atoms with Crippen LogP contribution < -0.4 is 4.90 Å². The summed E-state index contributed by atoms with van der Waals surface area (Å²) in [4.78, 5) is 24.4. The number of hydrogen-bond donors (Lipinski definition) is 0. The Labute approximate surface area is 162 Å². The molecule has 0 amide bonds. The zero-order chi connectivity index (χ0) is 18.8. The number of hydrogen-bond acceptors (Lipinski definition) is 6. The van der Waals surface area contributed by atoms with E-state index in [0.717, 1.165) is 25.9 Å². The van der Waals surface area contributed by atoms with Crippen LogP contribution in [0.2, 0.25) is 0 Å². The summed E-state index contributed by atoms with van der Waals surface area (Å²) in [6.07, 6.45) is 12.6. The smallest absolute Gasteiger partial charge is 0.241 e. The maximum atomic E-state index is 4.70. The molecule has 0 N–H and O–H groups in total. The van der Waals surface area contributed by atoms with Crippen molar-refractivity contribution in [2.75, 3.05) is 18.0 Å². The predicted molar refractivity (Wildman–Crippen MR) is 105 cm³/mol. The summed E-state index contributed by atoms with van der Waals surface area (Å²) in [6, 6.07) is 10.7. The molecule has 140 valence electrons. The van der Waals surface area contributed by atoms with E-state index in [1.807, 2.05) is 12.4 Å². The van der Waals surface area contributed by atoms with Gasteiger partial charge in [-0.1, -0.05) is 30.3 Å². The second-order valence-corrected chi connectivity index (χ2v) is 6.85. The van der Waals surface area contributed by atoms with Gasteiger partial charge in [0.25, 0.3) is 0 Å². The van der Waals surface area contributed by atoms with Gasteiger partial charge in [-0.25, -0.2) is 9.97 Å². The monoisotopic (exact) mass is 372 g/mol. The molecule has 0 saturated carbocycles. The van der Waals surface area contributed by atoms with Crippen LogP contribution in [0.25, 0.3) is 11.9 Å². The molecule has 3 aromatic heterocycles. The molecule has 0 spiro atoms. The van der Waals surface area contributed by atoms with Crippen molar-refractivity contribution in [2.24, 2.45) is 0 Å². The van der Waals surface area contributed by atoms with Crippen LogP contribution in [0.5, 0.6) is 0 Å². The molecular formula is C20H20N8. The molecule has 8 nitrogen and oxygen atoms in total. The lowest BCUT2D eigenvalue weighted by Crippen LogP contribution is -2.34. The van der Waals surface area contributed by atoms with Gasteiger partial charge < -0.3 is 4.90 Å². The number of anilines is 1. The summed E-state index contributed by atoms with van der Waals surface area (Å²) in [5, 5.41) is 0. The molecule has 1 aliphatic heterocycles. The highest BCUT2D eigenvalue weighted by Crippen LogP contribution is 2.29. The van der Waals surface area contributed by atoms with E-state index >= 15 is 0 Å². The van der Waals surface area contributed by atoms with E-state index in [1.54, 1.807) is 34.2 Å². The summed E-state index contributed by atoms with van der Waals surface area (Å²) in [5.74, 6) is 2.38. The fourth-order valence-corrected chi connectivity index (χ4v) is 3.61. The van der Waals surface area contributed by atoms with Crippen LogP contribution >= 0.6 is 0 Å². The summed E-state index contributed by atoms with van der Waals surface area (Å²) in [7, 11) is 0. The van der Waals surface area contributed by atoms with Gasteiger partial charge in [-0.15, -0.1) is 0 Å². The maximum absolute atomic E-state index is 4.70. The maximum Gasteiger partial charge on any atom is 0.241 e. The van der Waals surface area contributed by atoms with Crippen LogP contribution in [0.1, 0.15) is 24.3 Å². The highest BCUT2D eigenvalue weighted by molar-refractivity contribution is 5.37. The van der Waals surface area contributed by atoms with Crippen molar-refractivity contribution in [3.05, 3.63) is 73.3 Å². The molecule has 4 aromatic rings. The summed E-state index contributed by atoms with van der Waals surface area (Å²) in [6.45, 7) is 1.83. The Hall–Kier alpha value is -3.55. The first-order chi connectivity index (χ1) is 13.9. The van der Waals surface area contributed by atoms with Crippen LogP contribution in [0.3, 0.4) is 0 Å². The van der Waals surface area contributed by atoms with Gasteiger partial charge in [-0.2, -0.15) is 15.0 Å². The van der Waals surface area contributed by atoms with E-state index in [-0.39, 0.29) is 0 Å². The third kappa shape index (κ3) is 3.24. The molecular weight excluding hydrogens is 352 g/mol. The van der Waals surface area contributed by atoms with Crippen molar-refractivity contribution in [2.45, 2.75) is 18.8 Å². The van der Waals surface area contributed by atoms with E-state index < -0.39 is 0 Å². The van der Waals surface area contributed by atoms with E-state index in [4.69, 9.17) is 9.97 Å². The SMILES string of the molecule is c1ccc(C2CCN(c3nc(-n4ccnc4)nc(-n4ccnc4)n3)CC2)cc1. The second kappa shape index (κ2) is 7.22. The molecule has 1 fully saturated rings. The van der Waals surface area contributed by atoms with Crippen molar-refractivity contribution in [3.63, 3.8) is 0 Å². The molecule has 0 aliphatic carbocycles.